The van der Waals surface area contributed by atoms with Gasteiger partial charge in [-0.05, 0) is 41.0 Å². The van der Waals surface area contributed by atoms with Crippen LogP contribution in [0.5, 0.6) is 0 Å². The summed E-state index contributed by atoms with van der Waals surface area (Å²) in [6.07, 6.45) is 0.0621. The van der Waals surface area contributed by atoms with E-state index in [9.17, 15) is 9.59 Å². The molecule has 0 bridgehead atoms. The molecule has 1 aliphatic heterocycles. The zero-order valence-electron chi connectivity index (χ0n) is 16.0. The molecule has 1 fully saturated rings. The highest BCUT2D eigenvalue weighted by Gasteiger charge is 2.71. The summed E-state index contributed by atoms with van der Waals surface area (Å²) >= 11 is 0. The summed E-state index contributed by atoms with van der Waals surface area (Å²) in [5.74, 6) is -4.66. The number of hydrogen-bond acceptors (Lipinski definition) is 8. The third-order valence-corrected chi connectivity index (χ3v) is 3.32. The van der Waals surface area contributed by atoms with Gasteiger partial charge in [0.15, 0.2) is 0 Å². The highest BCUT2D eigenvalue weighted by molar-refractivity contribution is 5.87. The molecule has 0 aromatic heterocycles. The van der Waals surface area contributed by atoms with Crippen LogP contribution in [0.2, 0.25) is 0 Å². The lowest BCUT2D eigenvalue weighted by Crippen LogP contribution is -2.71. The van der Waals surface area contributed by atoms with E-state index in [0.717, 1.165) is 6.42 Å². The van der Waals surface area contributed by atoms with Crippen LogP contribution >= 0.6 is 0 Å². The van der Waals surface area contributed by atoms with Crippen molar-refractivity contribution >= 4 is 12.1 Å². The SMILES string of the molecule is C=C(C)C(=O)OC1(OC(C)C)OOC1(C)OC(=O)OC(C)(C)CCC. The van der Waals surface area contributed by atoms with Gasteiger partial charge in [0.1, 0.15) is 5.60 Å². The van der Waals surface area contributed by atoms with Crippen molar-refractivity contribution in [2.75, 3.05) is 0 Å². The van der Waals surface area contributed by atoms with Crippen LogP contribution in [0.4, 0.5) is 4.79 Å². The van der Waals surface area contributed by atoms with Crippen LogP contribution in [-0.4, -0.2) is 35.6 Å². The highest BCUT2D eigenvalue weighted by Crippen LogP contribution is 2.45. The molecule has 144 valence electrons. The Balaban J connectivity index is 2.92. The second kappa shape index (κ2) is 7.72. The maximum Gasteiger partial charge on any atom is 0.511 e. The molecule has 2 unspecified atom stereocenters. The van der Waals surface area contributed by atoms with Gasteiger partial charge in [0.2, 0.25) is 0 Å². The first kappa shape index (κ1) is 21.4. The molecule has 0 spiro atoms. The first-order valence-electron chi connectivity index (χ1n) is 8.22. The maximum absolute atomic E-state index is 12.1. The molecule has 0 aromatic rings. The van der Waals surface area contributed by atoms with Gasteiger partial charge in [0.05, 0.1) is 6.10 Å². The average molecular weight is 360 g/mol. The average Bonchev–Trinajstić information content (AvgIpc) is 2.43. The maximum atomic E-state index is 12.1. The Morgan fingerprint density at radius 2 is 1.80 bits per heavy atom. The molecule has 8 heteroatoms. The third kappa shape index (κ3) is 5.17. The van der Waals surface area contributed by atoms with Crippen molar-refractivity contribution in [2.24, 2.45) is 0 Å². The van der Waals surface area contributed by atoms with Gasteiger partial charge >= 0.3 is 23.9 Å². The smallest absolute Gasteiger partial charge is 0.428 e. The summed E-state index contributed by atoms with van der Waals surface area (Å²) < 4.78 is 21.2. The van der Waals surface area contributed by atoms with E-state index >= 15 is 0 Å². The molecular weight excluding hydrogens is 332 g/mol. The van der Waals surface area contributed by atoms with Crippen molar-refractivity contribution in [3.63, 3.8) is 0 Å². The molecule has 1 heterocycles. The number of ether oxygens (including phenoxy) is 4. The molecule has 1 aliphatic rings. The van der Waals surface area contributed by atoms with Crippen molar-refractivity contribution in [2.45, 2.75) is 84.8 Å². The third-order valence-electron chi connectivity index (χ3n) is 3.32. The van der Waals surface area contributed by atoms with Crippen LogP contribution in [0.15, 0.2) is 12.2 Å². The van der Waals surface area contributed by atoms with Crippen molar-refractivity contribution in [3.05, 3.63) is 12.2 Å². The Hall–Kier alpha value is -1.64. The van der Waals surface area contributed by atoms with E-state index in [1.165, 1.54) is 13.8 Å². The molecular formula is C17H28O8. The Kier molecular flexibility index (Phi) is 6.61. The molecule has 0 aliphatic carbocycles. The topological polar surface area (TPSA) is 89.5 Å². The fourth-order valence-corrected chi connectivity index (χ4v) is 2.15. The molecule has 1 rings (SSSR count). The summed E-state index contributed by atoms with van der Waals surface area (Å²) in [4.78, 5) is 33.9. The first-order chi connectivity index (χ1) is 11.4. The van der Waals surface area contributed by atoms with Gasteiger partial charge in [-0.15, -0.1) is 4.89 Å². The quantitative estimate of drug-likeness (QED) is 0.281. The number of rotatable bonds is 8. The minimum absolute atomic E-state index is 0.122. The normalized spacial score (nSPS) is 25.9. The van der Waals surface area contributed by atoms with E-state index in [2.05, 4.69) is 6.58 Å². The lowest BCUT2D eigenvalue weighted by molar-refractivity contribution is -0.698. The Morgan fingerprint density at radius 3 is 2.20 bits per heavy atom. The van der Waals surface area contributed by atoms with Crippen LogP contribution in [0.25, 0.3) is 0 Å². The van der Waals surface area contributed by atoms with Crippen LogP contribution in [0, 0.1) is 0 Å². The number of hydrogen-bond donors (Lipinski definition) is 0. The Labute approximate surface area is 148 Å². The van der Waals surface area contributed by atoms with Crippen LogP contribution in [0.3, 0.4) is 0 Å². The van der Waals surface area contributed by atoms with E-state index in [1.807, 2.05) is 6.92 Å². The summed E-state index contributed by atoms with van der Waals surface area (Å²) in [6, 6.07) is 0. The summed E-state index contributed by atoms with van der Waals surface area (Å²) in [6.45, 7) is 15.2. The second-order valence-electron chi connectivity index (χ2n) is 6.97. The molecule has 0 saturated carbocycles. The van der Waals surface area contributed by atoms with Gasteiger partial charge in [-0.3, -0.25) is 0 Å². The molecule has 0 N–H and O–H groups in total. The van der Waals surface area contributed by atoms with Gasteiger partial charge < -0.3 is 18.9 Å². The summed E-state index contributed by atoms with van der Waals surface area (Å²) in [5.41, 5.74) is -0.598. The lowest BCUT2D eigenvalue weighted by atomic mass is 10.0. The minimum atomic E-state index is -2.05. The summed E-state index contributed by atoms with van der Waals surface area (Å²) in [7, 11) is 0. The van der Waals surface area contributed by atoms with Crippen molar-refractivity contribution in [3.8, 4) is 0 Å². The molecule has 2 atom stereocenters. The predicted molar refractivity (Wildman–Crippen MR) is 87.0 cm³/mol. The molecule has 0 aromatic carbocycles. The number of carbonyl (C=O) groups excluding carboxylic acids is 2. The van der Waals surface area contributed by atoms with Gasteiger partial charge in [0, 0.05) is 12.5 Å². The molecule has 25 heavy (non-hydrogen) atoms. The largest absolute Gasteiger partial charge is 0.511 e. The monoisotopic (exact) mass is 360 g/mol. The molecule has 0 radical (unpaired) electrons. The van der Waals surface area contributed by atoms with Crippen molar-refractivity contribution in [1.29, 1.82) is 0 Å². The first-order valence-corrected chi connectivity index (χ1v) is 8.22. The van der Waals surface area contributed by atoms with Crippen LogP contribution in [0.1, 0.15) is 61.3 Å². The van der Waals surface area contributed by atoms with E-state index in [1.54, 1.807) is 27.7 Å². The molecule has 0 amide bonds. The second-order valence-corrected chi connectivity index (χ2v) is 6.97. The van der Waals surface area contributed by atoms with Crippen molar-refractivity contribution < 1.29 is 38.3 Å². The highest BCUT2D eigenvalue weighted by atomic mass is 17.3. The minimum Gasteiger partial charge on any atom is -0.428 e. The lowest BCUT2D eigenvalue weighted by Gasteiger charge is -2.49. The fourth-order valence-electron chi connectivity index (χ4n) is 2.15. The Bertz CT molecular complexity index is 527. The van der Waals surface area contributed by atoms with Gasteiger partial charge in [0.25, 0.3) is 0 Å². The van der Waals surface area contributed by atoms with Gasteiger partial charge in [-0.2, -0.15) is 4.89 Å². The van der Waals surface area contributed by atoms with E-state index in [0.29, 0.717) is 6.42 Å². The van der Waals surface area contributed by atoms with E-state index in [4.69, 9.17) is 28.7 Å². The van der Waals surface area contributed by atoms with Gasteiger partial charge in [-0.1, -0.05) is 19.9 Å². The van der Waals surface area contributed by atoms with E-state index in [-0.39, 0.29) is 5.57 Å². The summed E-state index contributed by atoms with van der Waals surface area (Å²) in [5, 5.41) is 0. The zero-order chi connectivity index (χ0) is 19.5. The number of carbonyl (C=O) groups is 2. The van der Waals surface area contributed by atoms with Gasteiger partial charge in [-0.25, -0.2) is 9.59 Å². The molecule has 8 nitrogen and oxygen atoms in total. The number of esters is 1. The zero-order valence-corrected chi connectivity index (χ0v) is 16.0. The van der Waals surface area contributed by atoms with Crippen LogP contribution in [-0.2, 0) is 33.5 Å². The van der Waals surface area contributed by atoms with E-state index < -0.39 is 35.6 Å². The predicted octanol–water partition coefficient (Wildman–Crippen LogP) is 3.59. The Morgan fingerprint density at radius 1 is 1.20 bits per heavy atom. The molecule has 1 saturated heterocycles. The standard InChI is InChI=1S/C17H28O8/c1-9-10-15(6,7)22-14(19)23-16(8)17(25-24-16,20-12(4)5)21-13(18)11(2)3/h12H,2,9-10H2,1,3-8H3. The van der Waals surface area contributed by atoms with Crippen LogP contribution < -0.4 is 0 Å². The van der Waals surface area contributed by atoms with Crippen molar-refractivity contribution in [1.82, 2.24) is 0 Å². The fraction of sp³-hybridized carbons (Fsp3) is 0.765.